The summed E-state index contributed by atoms with van der Waals surface area (Å²) in [7, 11) is 4.66. The zero-order valence-corrected chi connectivity index (χ0v) is 14.9. The Bertz CT molecular complexity index is 772. The molecule has 0 saturated carbocycles. The van der Waals surface area contributed by atoms with Crippen LogP contribution in [0, 0.1) is 0 Å². The van der Waals surface area contributed by atoms with E-state index in [0.29, 0.717) is 29.4 Å². The molecule has 1 amide bonds. The predicted molar refractivity (Wildman–Crippen MR) is 97.2 cm³/mol. The van der Waals surface area contributed by atoms with Gasteiger partial charge in [-0.15, -0.1) is 0 Å². The number of hydrogen-bond donors (Lipinski definition) is 0. The summed E-state index contributed by atoms with van der Waals surface area (Å²) in [6.45, 7) is 0.688. The van der Waals surface area contributed by atoms with Crippen LogP contribution >= 0.6 is 0 Å². The van der Waals surface area contributed by atoms with Crippen molar-refractivity contribution in [1.82, 2.24) is 0 Å². The van der Waals surface area contributed by atoms with E-state index in [1.165, 1.54) is 5.56 Å². The van der Waals surface area contributed by atoms with Crippen LogP contribution in [0.15, 0.2) is 36.4 Å². The molecule has 0 radical (unpaired) electrons. The number of carbonyl (C=O) groups is 1. The molecule has 1 heterocycles. The molecule has 0 N–H and O–H groups in total. The summed E-state index contributed by atoms with van der Waals surface area (Å²) in [6, 6.07) is 11.5. The van der Waals surface area contributed by atoms with Gasteiger partial charge in [0.1, 0.15) is 5.75 Å². The highest BCUT2D eigenvalue weighted by molar-refractivity contribution is 6.08. The molecule has 1 aliphatic heterocycles. The number of hydrogen-bond acceptors (Lipinski definition) is 4. The van der Waals surface area contributed by atoms with Crippen molar-refractivity contribution in [3.05, 3.63) is 47.5 Å². The minimum atomic E-state index is -0.0906. The molecular formula is C20H23NO4. The van der Waals surface area contributed by atoms with E-state index < -0.39 is 0 Å². The monoisotopic (exact) mass is 341 g/mol. The van der Waals surface area contributed by atoms with Crippen molar-refractivity contribution in [1.29, 1.82) is 0 Å². The van der Waals surface area contributed by atoms with Crippen LogP contribution in [0.25, 0.3) is 0 Å². The van der Waals surface area contributed by atoms with Crippen molar-refractivity contribution in [3.63, 3.8) is 0 Å². The number of methoxy groups -OCH3 is 3. The van der Waals surface area contributed by atoms with Gasteiger partial charge in [0.05, 0.1) is 26.9 Å². The van der Waals surface area contributed by atoms with Gasteiger partial charge in [0, 0.05) is 24.4 Å². The van der Waals surface area contributed by atoms with Crippen molar-refractivity contribution >= 4 is 11.6 Å². The molecule has 0 atom stereocenters. The maximum absolute atomic E-state index is 13.3. The number of carbonyl (C=O) groups excluding carboxylic acids is 1. The molecule has 5 nitrogen and oxygen atoms in total. The second-order valence-electron chi connectivity index (χ2n) is 5.95. The van der Waals surface area contributed by atoms with Gasteiger partial charge in [0.25, 0.3) is 5.91 Å². The Kier molecular flexibility index (Phi) is 5.12. The molecule has 0 fully saturated rings. The fourth-order valence-electron chi connectivity index (χ4n) is 3.24. The molecule has 1 aliphatic rings. The number of aryl methyl sites for hydroxylation is 1. The van der Waals surface area contributed by atoms with Gasteiger partial charge in [-0.05, 0) is 30.9 Å². The van der Waals surface area contributed by atoms with Crippen LogP contribution in [0.5, 0.6) is 17.2 Å². The lowest BCUT2D eigenvalue weighted by molar-refractivity contribution is 0.0983. The topological polar surface area (TPSA) is 48.0 Å². The second-order valence-corrected chi connectivity index (χ2v) is 5.95. The molecule has 3 rings (SSSR count). The third-order valence-electron chi connectivity index (χ3n) is 4.54. The molecule has 25 heavy (non-hydrogen) atoms. The molecule has 0 saturated heterocycles. The van der Waals surface area contributed by atoms with Gasteiger partial charge in [-0.2, -0.15) is 0 Å². The van der Waals surface area contributed by atoms with Crippen LogP contribution in [0.3, 0.4) is 0 Å². The highest BCUT2D eigenvalue weighted by atomic mass is 16.5. The van der Waals surface area contributed by atoms with E-state index >= 15 is 0 Å². The molecule has 0 bridgehead atoms. The van der Waals surface area contributed by atoms with Crippen molar-refractivity contribution in [2.45, 2.75) is 19.3 Å². The Labute approximate surface area is 148 Å². The maximum atomic E-state index is 13.3. The molecule has 0 aliphatic carbocycles. The standard InChI is InChI=1S/C20H23NO4/c1-23-17-13-19(25-3)18(24-2)12-15(17)20(22)21-11-7-6-9-14-8-4-5-10-16(14)21/h4-5,8,10,12-13H,6-7,9,11H2,1-3H3. The fourth-order valence-corrected chi connectivity index (χ4v) is 3.24. The molecule has 2 aromatic carbocycles. The Balaban J connectivity index is 2.06. The minimum absolute atomic E-state index is 0.0906. The number of rotatable bonds is 4. The Morgan fingerprint density at radius 1 is 0.920 bits per heavy atom. The first-order chi connectivity index (χ1) is 12.2. The van der Waals surface area contributed by atoms with Crippen LogP contribution in [0.4, 0.5) is 5.69 Å². The Morgan fingerprint density at radius 3 is 2.32 bits per heavy atom. The lowest BCUT2D eigenvalue weighted by atomic mass is 10.1. The lowest BCUT2D eigenvalue weighted by Gasteiger charge is -2.24. The van der Waals surface area contributed by atoms with Gasteiger partial charge in [-0.25, -0.2) is 0 Å². The first-order valence-electron chi connectivity index (χ1n) is 8.39. The second kappa shape index (κ2) is 7.47. The average molecular weight is 341 g/mol. The number of amides is 1. The van der Waals surface area contributed by atoms with Gasteiger partial charge in [0.2, 0.25) is 0 Å². The molecule has 0 spiro atoms. The van der Waals surface area contributed by atoms with E-state index in [2.05, 4.69) is 6.07 Å². The van der Waals surface area contributed by atoms with Crippen molar-refractivity contribution in [2.75, 3.05) is 32.8 Å². The van der Waals surface area contributed by atoms with Crippen molar-refractivity contribution in [2.24, 2.45) is 0 Å². The fraction of sp³-hybridized carbons (Fsp3) is 0.350. The van der Waals surface area contributed by atoms with Gasteiger partial charge in [-0.3, -0.25) is 4.79 Å². The molecular weight excluding hydrogens is 318 g/mol. The number of fused-ring (bicyclic) bond motifs is 1. The summed E-state index contributed by atoms with van der Waals surface area (Å²) in [6.07, 6.45) is 3.03. The highest BCUT2D eigenvalue weighted by Gasteiger charge is 2.26. The first-order valence-corrected chi connectivity index (χ1v) is 8.39. The predicted octanol–water partition coefficient (Wildman–Crippen LogP) is 3.70. The lowest BCUT2D eigenvalue weighted by Crippen LogP contribution is -2.32. The average Bonchev–Trinajstić information content (AvgIpc) is 2.88. The third-order valence-corrected chi connectivity index (χ3v) is 4.54. The zero-order valence-electron chi connectivity index (χ0n) is 14.9. The van der Waals surface area contributed by atoms with E-state index in [4.69, 9.17) is 14.2 Å². The van der Waals surface area contributed by atoms with Crippen molar-refractivity contribution < 1.29 is 19.0 Å². The normalized spacial score (nSPS) is 13.6. The Morgan fingerprint density at radius 2 is 1.60 bits per heavy atom. The Hall–Kier alpha value is -2.69. The summed E-state index contributed by atoms with van der Waals surface area (Å²) in [5.41, 5.74) is 2.64. The molecule has 2 aromatic rings. The zero-order chi connectivity index (χ0) is 17.8. The van der Waals surface area contributed by atoms with E-state index in [1.54, 1.807) is 33.5 Å². The van der Waals surface area contributed by atoms with Gasteiger partial charge in [0.15, 0.2) is 11.5 Å². The summed E-state index contributed by atoms with van der Waals surface area (Å²) in [5.74, 6) is 1.43. The number of nitrogens with zero attached hydrogens (tertiary/aromatic N) is 1. The van der Waals surface area contributed by atoms with E-state index in [1.807, 2.05) is 23.1 Å². The molecule has 5 heteroatoms. The van der Waals surface area contributed by atoms with Crippen LogP contribution in [0.2, 0.25) is 0 Å². The number of benzene rings is 2. The van der Waals surface area contributed by atoms with Crippen LogP contribution in [0.1, 0.15) is 28.8 Å². The van der Waals surface area contributed by atoms with Crippen molar-refractivity contribution in [3.8, 4) is 17.2 Å². The van der Waals surface area contributed by atoms with E-state index in [-0.39, 0.29) is 5.91 Å². The summed E-state index contributed by atoms with van der Waals surface area (Å²) in [4.78, 5) is 15.2. The largest absolute Gasteiger partial charge is 0.496 e. The molecule has 0 aromatic heterocycles. The SMILES string of the molecule is COc1cc(OC)c(C(=O)N2CCCCc3ccccc32)cc1OC. The summed E-state index contributed by atoms with van der Waals surface area (Å²) < 4.78 is 16.1. The van der Waals surface area contributed by atoms with Crippen LogP contribution < -0.4 is 19.1 Å². The molecule has 132 valence electrons. The van der Waals surface area contributed by atoms with Crippen LogP contribution in [-0.2, 0) is 6.42 Å². The van der Waals surface area contributed by atoms with E-state index in [9.17, 15) is 4.79 Å². The van der Waals surface area contributed by atoms with Gasteiger partial charge >= 0.3 is 0 Å². The smallest absolute Gasteiger partial charge is 0.262 e. The van der Waals surface area contributed by atoms with Crippen LogP contribution in [-0.4, -0.2) is 33.8 Å². The quantitative estimate of drug-likeness (QED) is 0.851. The maximum Gasteiger partial charge on any atom is 0.262 e. The van der Waals surface area contributed by atoms with E-state index in [0.717, 1.165) is 24.9 Å². The number of ether oxygens (including phenoxy) is 3. The number of para-hydroxylation sites is 1. The van der Waals surface area contributed by atoms with Gasteiger partial charge < -0.3 is 19.1 Å². The minimum Gasteiger partial charge on any atom is -0.496 e. The molecule has 0 unspecified atom stereocenters. The number of anilines is 1. The van der Waals surface area contributed by atoms with Gasteiger partial charge in [-0.1, -0.05) is 18.2 Å². The third kappa shape index (κ3) is 3.27. The first kappa shape index (κ1) is 17.1. The highest BCUT2D eigenvalue weighted by Crippen LogP contribution is 2.36. The summed E-state index contributed by atoms with van der Waals surface area (Å²) >= 11 is 0. The summed E-state index contributed by atoms with van der Waals surface area (Å²) in [5, 5.41) is 0.